The fourth-order valence-electron chi connectivity index (χ4n) is 6.28. The van der Waals surface area contributed by atoms with Gasteiger partial charge in [-0.1, -0.05) is 26.0 Å². The molecule has 0 atom stereocenters. The molecule has 15 heteroatoms. The molecule has 0 bridgehead atoms. The molecular weight excluding hydrogens is 678 g/mol. The Balaban J connectivity index is 0.976. The number of hydrogen-bond donors (Lipinski definition) is 8. The number of nitrogen functional groups attached to an aromatic ring is 1. The zero-order valence-electron chi connectivity index (χ0n) is 29.3. The number of aryl methyl sites for hydroxylation is 2. The van der Waals surface area contributed by atoms with Crippen molar-refractivity contribution in [2.24, 2.45) is 5.73 Å². The van der Waals surface area contributed by atoms with Gasteiger partial charge in [-0.05, 0) is 77.9 Å². The number of urea groups is 1. The lowest BCUT2D eigenvalue weighted by Gasteiger charge is -2.23. The Kier molecular flexibility index (Phi) is 10.5. The van der Waals surface area contributed by atoms with Crippen LogP contribution in [0.4, 0.5) is 16.4 Å². The Morgan fingerprint density at radius 2 is 1.81 bits per heavy atom. The molecule has 53 heavy (non-hydrogen) atoms. The highest BCUT2D eigenvalue weighted by molar-refractivity contribution is 6.22. The number of amidine groups is 1. The molecule has 0 unspecified atom stereocenters. The second-order valence-corrected chi connectivity index (χ2v) is 12.9. The van der Waals surface area contributed by atoms with Crippen LogP contribution in [0.5, 0.6) is 11.5 Å². The molecule has 3 aromatic heterocycles. The van der Waals surface area contributed by atoms with Crippen LogP contribution in [0.1, 0.15) is 52.4 Å². The standard InChI is InChI=1S/C38H41N9O6/c1-21(2)27-18-28(31(49)19-30(27)48)33(39)47(38(41)52)26-9-10-29-24(17-26)11-13-46(29)14-16-53-15-12-42-35(50)23-6-3-22(4-7-23)5-8-25-20-43-34-32(25)36(51)45-37(40)44-34/h3-4,6-7,9-11,13,17-21,39,48-49H,5,8,12,14-16H2,1-2H3,(H2,41,52)(H,42,50)(H4,40,43,44,45,51). The molecular formula is C38H41N9O6. The van der Waals surface area contributed by atoms with Gasteiger partial charge in [0.2, 0.25) is 5.95 Å². The highest BCUT2D eigenvalue weighted by Crippen LogP contribution is 2.34. The van der Waals surface area contributed by atoms with Crippen molar-refractivity contribution in [1.82, 2.24) is 24.8 Å². The quantitative estimate of drug-likeness (QED) is 0.0480. The number of carbonyl (C=O) groups excluding carboxylic acids is 2. The maximum Gasteiger partial charge on any atom is 0.325 e. The highest BCUT2D eigenvalue weighted by Gasteiger charge is 2.24. The predicted molar refractivity (Wildman–Crippen MR) is 203 cm³/mol. The molecule has 15 nitrogen and oxygen atoms in total. The van der Waals surface area contributed by atoms with E-state index in [1.165, 1.54) is 6.07 Å². The van der Waals surface area contributed by atoms with E-state index >= 15 is 0 Å². The molecule has 6 rings (SSSR count). The van der Waals surface area contributed by atoms with Crippen molar-refractivity contribution < 1.29 is 24.5 Å². The van der Waals surface area contributed by atoms with Crippen LogP contribution in [0, 0.1) is 5.41 Å². The summed E-state index contributed by atoms with van der Waals surface area (Å²) in [7, 11) is 0. The van der Waals surface area contributed by atoms with Gasteiger partial charge in [0.25, 0.3) is 11.5 Å². The number of ether oxygens (including phenoxy) is 1. The number of carbonyl (C=O) groups is 2. The van der Waals surface area contributed by atoms with Crippen LogP contribution in [-0.4, -0.2) is 67.3 Å². The smallest absolute Gasteiger partial charge is 0.325 e. The number of hydrogen-bond acceptors (Lipinski definition) is 9. The van der Waals surface area contributed by atoms with Crippen LogP contribution in [0.15, 0.2) is 77.9 Å². The molecule has 0 radical (unpaired) electrons. The second-order valence-electron chi connectivity index (χ2n) is 12.9. The number of aromatic nitrogens is 4. The van der Waals surface area contributed by atoms with Crippen molar-refractivity contribution in [2.75, 3.05) is 30.4 Å². The van der Waals surface area contributed by atoms with Gasteiger partial charge in [0, 0.05) is 48.0 Å². The summed E-state index contributed by atoms with van der Waals surface area (Å²) in [6.07, 6.45) is 4.94. The number of aromatic hydroxyl groups is 2. The van der Waals surface area contributed by atoms with Crippen molar-refractivity contribution in [2.45, 2.75) is 39.2 Å². The van der Waals surface area contributed by atoms with E-state index in [4.69, 9.17) is 21.6 Å². The van der Waals surface area contributed by atoms with E-state index < -0.39 is 6.03 Å². The zero-order valence-corrected chi connectivity index (χ0v) is 29.3. The number of aromatic amines is 2. The summed E-state index contributed by atoms with van der Waals surface area (Å²) < 4.78 is 7.77. The summed E-state index contributed by atoms with van der Waals surface area (Å²) in [5.74, 6) is -0.998. The van der Waals surface area contributed by atoms with Crippen LogP contribution in [0.25, 0.3) is 21.9 Å². The number of primary amides is 1. The number of rotatable bonds is 13. The Morgan fingerprint density at radius 3 is 2.55 bits per heavy atom. The van der Waals surface area contributed by atoms with Gasteiger partial charge in [0.1, 0.15) is 23.0 Å². The average molecular weight is 720 g/mol. The molecule has 3 heterocycles. The Morgan fingerprint density at radius 1 is 1.04 bits per heavy atom. The van der Waals surface area contributed by atoms with E-state index in [9.17, 15) is 24.6 Å². The number of fused-ring (bicyclic) bond motifs is 2. The van der Waals surface area contributed by atoms with Crippen molar-refractivity contribution >= 4 is 51.3 Å². The van der Waals surface area contributed by atoms with Crippen molar-refractivity contribution in [3.8, 4) is 11.5 Å². The minimum absolute atomic E-state index is 0.0620. The third-order valence-corrected chi connectivity index (χ3v) is 9.03. The fraction of sp³-hybridized carbons (Fsp3) is 0.237. The van der Waals surface area contributed by atoms with Crippen LogP contribution in [0.3, 0.4) is 0 Å². The largest absolute Gasteiger partial charge is 0.508 e. The molecule has 10 N–H and O–H groups in total. The fourth-order valence-corrected chi connectivity index (χ4v) is 6.28. The van der Waals surface area contributed by atoms with Gasteiger partial charge in [0.05, 0.1) is 29.9 Å². The molecule has 3 amide bonds. The summed E-state index contributed by atoms with van der Waals surface area (Å²) in [6, 6.07) is 16.2. The topological polar surface area (TPSA) is 241 Å². The third kappa shape index (κ3) is 7.84. The average Bonchev–Trinajstić information content (AvgIpc) is 3.72. The first-order chi connectivity index (χ1) is 25.4. The number of anilines is 2. The van der Waals surface area contributed by atoms with Crippen molar-refractivity contribution in [3.05, 3.63) is 111 Å². The Bertz CT molecular complexity index is 2380. The summed E-state index contributed by atoms with van der Waals surface area (Å²) in [4.78, 5) is 48.2. The molecule has 0 saturated carbocycles. The van der Waals surface area contributed by atoms with Gasteiger partial charge in [-0.15, -0.1) is 0 Å². The predicted octanol–water partition coefficient (Wildman–Crippen LogP) is 4.47. The van der Waals surface area contributed by atoms with E-state index in [2.05, 4.69) is 20.3 Å². The summed E-state index contributed by atoms with van der Waals surface area (Å²) in [5.41, 5.74) is 15.7. The number of nitrogens with one attached hydrogen (secondary N) is 4. The van der Waals surface area contributed by atoms with E-state index in [-0.39, 0.29) is 46.2 Å². The van der Waals surface area contributed by atoms with Crippen LogP contribution in [-0.2, 0) is 24.1 Å². The normalized spacial score (nSPS) is 11.4. The maximum absolute atomic E-state index is 12.7. The molecule has 0 aliphatic carbocycles. The van der Waals surface area contributed by atoms with Gasteiger partial charge in [-0.3, -0.25) is 20.0 Å². The van der Waals surface area contributed by atoms with E-state index in [0.29, 0.717) is 67.0 Å². The lowest BCUT2D eigenvalue weighted by atomic mass is 9.98. The van der Waals surface area contributed by atoms with Gasteiger partial charge >= 0.3 is 6.03 Å². The molecule has 0 aliphatic heterocycles. The van der Waals surface area contributed by atoms with E-state index in [1.54, 1.807) is 30.5 Å². The molecule has 0 fully saturated rings. The Hall–Kier alpha value is -6.61. The van der Waals surface area contributed by atoms with Crippen LogP contribution >= 0.6 is 0 Å². The lowest BCUT2D eigenvalue weighted by Crippen LogP contribution is -2.41. The SMILES string of the molecule is CC(C)c1cc(C(=N)N(C(N)=O)c2ccc3c(ccn3CCOCCNC(=O)c3ccc(CCc4c[nH]c5nc(N)[nH]c(=O)c45)cc3)c2)c(O)cc1O. The number of phenols is 2. The Labute approximate surface area is 303 Å². The molecule has 6 aromatic rings. The van der Waals surface area contributed by atoms with E-state index in [0.717, 1.165) is 33.0 Å². The molecule has 3 aromatic carbocycles. The first-order valence-corrected chi connectivity index (χ1v) is 17.0. The van der Waals surface area contributed by atoms with Crippen molar-refractivity contribution in [3.63, 3.8) is 0 Å². The summed E-state index contributed by atoms with van der Waals surface area (Å²) in [6.45, 7) is 5.30. The van der Waals surface area contributed by atoms with Crippen LogP contribution < -0.4 is 27.2 Å². The summed E-state index contributed by atoms with van der Waals surface area (Å²) in [5, 5.41) is 33.6. The summed E-state index contributed by atoms with van der Waals surface area (Å²) >= 11 is 0. The number of H-pyrrole nitrogens is 2. The molecule has 0 spiro atoms. The van der Waals surface area contributed by atoms with Crippen molar-refractivity contribution in [1.29, 1.82) is 5.41 Å². The monoisotopic (exact) mass is 719 g/mol. The van der Waals surface area contributed by atoms with Gasteiger partial charge in [0.15, 0.2) is 0 Å². The minimum atomic E-state index is -0.896. The minimum Gasteiger partial charge on any atom is -0.508 e. The maximum atomic E-state index is 12.7. The third-order valence-electron chi connectivity index (χ3n) is 9.03. The highest BCUT2D eigenvalue weighted by atomic mass is 16.5. The number of phenolic OH excluding ortho intramolecular Hbond substituents is 2. The van der Waals surface area contributed by atoms with Crippen LogP contribution in [0.2, 0.25) is 0 Å². The van der Waals surface area contributed by atoms with Gasteiger partial charge < -0.3 is 41.3 Å². The molecule has 274 valence electrons. The molecule has 0 aliphatic rings. The first kappa shape index (κ1) is 36.2. The number of amides is 3. The first-order valence-electron chi connectivity index (χ1n) is 17.0. The second kappa shape index (κ2) is 15.3. The number of benzene rings is 3. The molecule has 0 saturated heterocycles. The number of nitrogens with zero attached hydrogens (tertiary/aromatic N) is 3. The zero-order chi connectivity index (χ0) is 37.8. The van der Waals surface area contributed by atoms with E-state index in [1.807, 2.05) is 48.9 Å². The lowest BCUT2D eigenvalue weighted by molar-refractivity contribution is 0.0909. The number of nitrogens with two attached hydrogens (primary N) is 2. The van der Waals surface area contributed by atoms with Gasteiger partial charge in [-0.2, -0.15) is 4.98 Å². The van der Waals surface area contributed by atoms with Gasteiger partial charge in [-0.25, -0.2) is 9.69 Å².